The summed E-state index contributed by atoms with van der Waals surface area (Å²) in [4.78, 5) is 20.6. The zero-order chi connectivity index (χ0) is 21.9. The van der Waals surface area contributed by atoms with Gasteiger partial charge in [-0.15, -0.1) is 0 Å². The van der Waals surface area contributed by atoms with Crippen LogP contribution in [0.5, 0.6) is 17.4 Å². The predicted molar refractivity (Wildman–Crippen MR) is 117 cm³/mol. The van der Waals surface area contributed by atoms with Gasteiger partial charge in [0.25, 0.3) is 0 Å². The standard InChI is InChI=1S/C24H24N2O5/c1-2-13-30-26-22(17-29-20-9-5-7-18(14-20)15-24(27)28)19-8-6-10-21(16-19)31-23-11-3-4-12-25-23/h3-12,14,16-17,26H,2,13,15H2,1H3,(H,27,28). The molecule has 7 nitrogen and oxygen atoms in total. The molecule has 3 rings (SSSR count). The van der Waals surface area contributed by atoms with Crippen molar-refractivity contribution < 1.29 is 24.2 Å². The molecule has 0 fully saturated rings. The summed E-state index contributed by atoms with van der Waals surface area (Å²) < 4.78 is 11.6. The first kappa shape index (κ1) is 21.9. The second-order valence-corrected chi connectivity index (χ2v) is 6.62. The van der Waals surface area contributed by atoms with Crippen LogP contribution < -0.4 is 15.0 Å². The minimum atomic E-state index is -0.896. The van der Waals surface area contributed by atoms with Crippen molar-refractivity contribution in [1.29, 1.82) is 0 Å². The smallest absolute Gasteiger partial charge is 0.307 e. The summed E-state index contributed by atoms with van der Waals surface area (Å²) in [6, 6.07) is 19.8. The number of hydrogen-bond acceptors (Lipinski definition) is 6. The third kappa shape index (κ3) is 7.17. The number of ether oxygens (including phenoxy) is 2. The summed E-state index contributed by atoms with van der Waals surface area (Å²) in [5, 5.41) is 8.98. The molecule has 0 saturated heterocycles. The van der Waals surface area contributed by atoms with E-state index in [0.29, 0.717) is 35.2 Å². The van der Waals surface area contributed by atoms with Crippen LogP contribution in [-0.2, 0) is 16.1 Å². The number of carbonyl (C=O) groups is 1. The lowest BCUT2D eigenvalue weighted by Gasteiger charge is -2.13. The normalized spacial score (nSPS) is 11.1. The number of benzene rings is 2. The molecule has 2 N–H and O–H groups in total. The van der Waals surface area contributed by atoms with Gasteiger partial charge in [-0.25, -0.2) is 4.98 Å². The van der Waals surface area contributed by atoms with E-state index in [-0.39, 0.29) is 6.42 Å². The SMILES string of the molecule is CCCONC(=COc1cccc(CC(=O)O)c1)c1cccc(Oc2ccccn2)c1. The molecule has 0 saturated carbocycles. The zero-order valence-electron chi connectivity index (χ0n) is 17.2. The number of carboxylic acids is 1. The van der Waals surface area contributed by atoms with E-state index < -0.39 is 5.97 Å². The van der Waals surface area contributed by atoms with Gasteiger partial charge in [0.2, 0.25) is 5.88 Å². The molecule has 0 unspecified atom stereocenters. The molecule has 0 bridgehead atoms. The monoisotopic (exact) mass is 420 g/mol. The van der Waals surface area contributed by atoms with Crippen molar-refractivity contribution in [3.8, 4) is 17.4 Å². The number of aliphatic carboxylic acids is 1. The molecule has 3 aromatic rings. The summed E-state index contributed by atoms with van der Waals surface area (Å²) >= 11 is 0. The number of pyridine rings is 1. The third-order valence-corrected chi connectivity index (χ3v) is 4.06. The topological polar surface area (TPSA) is 89.9 Å². The van der Waals surface area contributed by atoms with E-state index in [1.54, 1.807) is 36.5 Å². The molecule has 1 aromatic heterocycles. The Kier molecular flexibility index (Phi) is 8.02. The minimum absolute atomic E-state index is 0.0709. The molecule has 7 heteroatoms. The van der Waals surface area contributed by atoms with Gasteiger partial charge in [0, 0.05) is 17.8 Å². The van der Waals surface area contributed by atoms with Gasteiger partial charge in [0.1, 0.15) is 23.5 Å². The molecule has 0 atom stereocenters. The Labute approximate surface area is 180 Å². The van der Waals surface area contributed by atoms with E-state index in [1.807, 2.05) is 43.3 Å². The Morgan fingerprint density at radius 3 is 2.68 bits per heavy atom. The lowest BCUT2D eigenvalue weighted by atomic mass is 10.1. The number of aromatic nitrogens is 1. The van der Waals surface area contributed by atoms with Crippen LogP contribution in [0.3, 0.4) is 0 Å². The van der Waals surface area contributed by atoms with Crippen molar-refractivity contribution in [3.63, 3.8) is 0 Å². The molecule has 0 amide bonds. The molecular weight excluding hydrogens is 396 g/mol. The Morgan fingerprint density at radius 2 is 1.90 bits per heavy atom. The van der Waals surface area contributed by atoms with Gasteiger partial charge in [0.05, 0.1) is 13.0 Å². The maximum atomic E-state index is 10.9. The van der Waals surface area contributed by atoms with Gasteiger partial charge in [-0.1, -0.05) is 37.3 Å². The van der Waals surface area contributed by atoms with Crippen molar-refractivity contribution in [2.45, 2.75) is 19.8 Å². The number of rotatable bonds is 11. The summed E-state index contributed by atoms with van der Waals surface area (Å²) in [5.74, 6) is 0.733. The fraction of sp³-hybridized carbons (Fsp3) is 0.167. The Hall–Kier alpha value is -3.84. The van der Waals surface area contributed by atoms with Crippen molar-refractivity contribution in [2.24, 2.45) is 0 Å². The van der Waals surface area contributed by atoms with Crippen LogP contribution in [-0.4, -0.2) is 22.7 Å². The van der Waals surface area contributed by atoms with Gasteiger partial charge in [-0.05, 0) is 42.3 Å². The van der Waals surface area contributed by atoms with E-state index in [9.17, 15) is 4.79 Å². The number of hydroxylamine groups is 1. The van der Waals surface area contributed by atoms with Gasteiger partial charge >= 0.3 is 5.97 Å². The fourth-order valence-electron chi connectivity index (χ4n) is 2.67. The molecule has 160 valence electrons. The fourth-order valence-corrected chi connectivity index (χ4v) is 2.67. The number of carboxylic acid groups (broad SMARTS) is 1. The van der Waals surface area contributed by atoms with Crippen LogP contribution in [0, 0.1) is 0 Å². The van der Waals surface area contributed by atoms with E-state index in [0.717, 1.165) is 12.0 Å². The molecule has 0 aliphatic heterocycles. The second kappa shape index (κ2) is 11.4. The van der Waals surface area contributed by atoms with Crippen LogP contribution >= 0.6 is 0 Å². The molecule has 31 heavy (non-hydrogen) atoms. The summed E-state index contributed by atoms with van der Waals surface area (Å²) in [6.07, 6.45) is 3.96. The Balaban J connectivity index is 1.80. The van der Waals surface area contributed by atoms with E-state index in [4.69, 9.17) is 19.4 Å². The highest BCUT2D eigenvalue weighted by Gasteiger charge is 2.07. The zero-order valence-corrected chi connectivity index (χ0v) is 17.2. The van der Waals surface area contributed by atoms with E-state index in [1.165, 1.54) is 6.26 Å². The van der Waals surface area contributed by atoms with E-state index >= 15 is 0 Å². The van der Waals surface area contributed by atoms with Crippen LogP contribution in [0.1, 0.15) is 24.5 Å². The highest BCUT2D eigenvalue weighted by Crippen LogP contribution is 2.24. The van der Waals surface area contributed by atoms with Crippen LogP contribution in [0.15, 0.2) is 79.2 Å². The first-order valence-electron chi connectivity index (χ1n) is 9.88. The van der Waals surface area contributed by atoms with Crippen LogP contribution in [0.4, 0.5) is 0 Å². The molecule has 0 aliphatic rings. The first-order chi connectivity index (χ1) is 15.1. The van der Waals surface area contributed by atoms with Gasteiger partial charge < -0.3 is 14.6 Å². The largest absolute Gasteiger partial charge is 0.481 e. The molecule has 1 heterocycles. The summed E-state index contributed by atoms with van der Waals surface area (Å²) in [5.41, 5.74) is 4.94. The third-order valence-electron chi connectivity index (χ3n) is 4.06. The molecule has 2 aromatic carbocycles. The lowest BCUT2D eigenvalue weighted by molar-refractivity contribution is -0.136. The molecular formula is C24H24N2O5. The van der Waals surface area contributed by atoms with E-state index in [2.05, 4.69) is 10.5 Å². The second-order valence-electron chi connectivity index (χ2n) is 6.62. The Bertz CT molecular complexity index is 1020. The highest BCUT2D eigenvalue weighted by atomic mass is 16.6. The average Bonchev–Trinajstić information content (AvgIpc) is 2.77. The minimum Gasteiger partial charge on any atom is -0.481 e. The average molecular weight is 420 g/mol. The highest BCUT2D eigenvalue weighted by molar-refractivity contribution is 5.70. The Morgan fingerprint density at radius 1 is 1.06 bits per heavy atom. The van der Waals surface area contributed by atoms with Gasteiger partial charge in [0.15, 0.2) is 0 Å². The molecule has 0 aliphatic carbocycles. The molecule has 0 radical (unpaired) electrons. The summed E-state index contributed by atoms with van der Waals surface area (Å²) in [7, 11) is 0. The quantitative estimate of drug-likeness (QED) is 0.261. The maximum Gasteiger partial charge on any atom is 0.307 e. The maximum absolute atomic E-state index is 10.9. The first-order valence-corrected chi connectivity index (χ1v) is 9.88. The van der Waals surface area contributed by atoms with Crippen molar-refractivity contribution in [1.82, 2.24) is 10.5 Å². The van der Waals surface area contributed by atoms with Crippen LogP contribution in [0.25, 0.3) is 5.70 Å². The van der Waals surface area contributed by atoms with Crippen molar-refractivity contribution in [2.75, 3.05) is 6.61 Å². The summed E-state index contributed by atoms with van der Waals surface area (Å²) in [6.45, 7) is 2.53. The molecule has 0 spiro atoms. The van der Waals surface area contributed by atoms with Gasteiger partial charge in [-0.3, -0.25) is 15.1 Å². The number of nitrogens with one attached hydrogen (secondary N) is 1. The number of nitrogens with zero attached hydrogens (tertiary/aromatic N) is 1. The predicted octanol–water partition coefficient (Wildman–Crippen LogP) is 4.81. The lowest BCUT2D eigenvalue weighted by Crippen LogP contribution is -2.14. The van der Waals surface area contributed by atoms with Crippen molar-refractivity contribution in [3.05, 3.63) is 90.3 Å². The number of hydrogen-bond donors (Lipinski definition) is 2. The van der Waals surface area contributed by atoms with Crippen molar-refractivity contribution >= 4 is 11.7 Å². The van der Waals surface area contributed by atoms with Crippen LogP contribution in [0.2, 0.25) is 0 Å². The van der Waals surface area contributed by atoms with Gasteiger partial charge in [-0.2, -0.15) is 0 Å².